The van der Waals surface area contributed by atoms with Crippen LogP contribution in [0.5, 0.6) is 11.5 Å². The Balaban J connectivity index is 2.21. The first-order valence-electron chi connectivity index (χ1n) is 7.96. The molecule has 0 atom stereocenters. The first-order chi connectivity index (χ1) is 11.3. The van der Waals surface area contributed by atoms with Crippen LogP contribution in [0, 0.1) is 0 Å². The second kappa shape index (κ2) is 7.99. The number of phenols is 2. The molecule has 0 heterocycles. The van der Waals surface area contributed by atoms with Crippen LogP contribution in [0.4, 0.5) is 0 Å². The van der Waals surface area contributed by atoms with E-state index in [1.807, 2.05) is 74.4 Å². The average molecular weight is 326 g/mol. The largest absolute Gasteiger partial charge is 0.508 e. The van der Waals surface area contributed by atoms with E-state index in [2.05, 4.69) is 0 Å². The molecule has 0 aliphatic carbocycles. The molecule has 0 spiro atoms. The quantitative estimate of drug-likeness (QED) is 0.799. The average Bonchev–Trinajstić information content (AvgIpc) is 2.50. The van der Waals surface area contributed by atoms with E-state index >= 15 is 0 Å². The second-order valence-electron chi connectivity index (χ2n) is 6.59. The number of hydrogen-bond acceptors (Lipinski definition) is 4. The van der Waals surface area contributed by atoms with Gasteiger partial charge in [-0.15, -0.1) is 0 Å². The fourth-order valence-electron chi connectivity index (χ4n) is 2.55. The van der Waals surface area contributed by atoms with Crippen molar-refractivity contribution >= 4 is 12.2 Å². The summed E-state index contributed by atoms with van der Waals surface area (Å²) in [5, 5.41) is 19.9. The Bertz CT molecular complexity index is 660. The summed E-state index contributed by atoms with van der Waals surface area (Å²) in [4.78, 5) is 4.05. The van der Waals surface area contributed by atoms with Gasteiger partial charge in [-0.25, -0.2) is 0 Å². The molecule has 24 heavy (non-hydrogen) atoms. The van der Waals surface area contributed by atoms with E-state index in [-0.39, 0.29) is 0 Å². The summed E-state index contributed by atoms with van der Waals surface area (Å²) in [6.45, 7) is 1.39. The van der Waals surface area contributed by atoms with Gasteiger partial charge < -0.3 is 20.0 Å². The third-order valence-corrected chi connectivity index (χ3v) is 3.65. The van der Waals surface area contributed by atoms with Gasteiger partial charge in [0.15, 0.2) is 0 Å². The van der Waals surface area contributed by atoms with E-state index in [0.29, 0.717) is 24.6 Å². The van der Waals surface area contributed by atoms with Crippen LogP contribution in [0.25, 0.3) is 12.2 Å². The van der Waals surface area contributed by atoms with Crippen molar-refractivity contribution in [1.29, 1.82) is 0 Å². The molecule has 0 unspecified atom stereocenters. The van der Waals surface area contributed by atoms with Gasteiger partial charge in [-0.05, 0) is 63.6 Å². The lowest BCUT2D eigenvalue weighted by Crippen LogP contribution is -2.10. The van der Waals surface area contributed by atoms with Gasteiger partial charge in [-0.1, -0.05) is 24.3 Å². The molecule has 2 rings (SSSR count). The van der Waals surface area contributed by atoms with Crippen LogP contribution < -0.4 is 0 Å². The summed E-state index contributed by atoms with van der Waals surface area (Å²) < 4.78 is 0. The van der Waals surface area contributed by atoms with Crippen molar-refractivity contribution in [1.82, 2.24) is 9.80 Å². The van der Waals surface area contributed by atoms with E-state index in [1.165, 1.54) is 0 Å². The zero-order valence-corrected chi connectivity index (χ0v) is 14.8. The minimum atomic E-state index is 0.318. The molecule has 2 aromatic carbocycles. The Labute approximate surface area is 144 Å². The molecule has 4 nitrogen and oxygen atoms in total. The van der Waals surface area contributed by atoms with Crippen molar-refractivity contribution in [3.8, 4) is 11.5 Å². The Kier molecular flexibility index (Phi) is 6.01. The van der Waals surface area contributed by atoms with Crippen LogP contribution in [-0.2, 0) is 13.1 Å². The smallest absolute Gasteiger partial charge is 0.120 e. The molecule has 0 aliphatic rings. The summed E-state index contributed by atoms with van der Waals surface area (Å²) in [5.41, 5.74) is 3.88. The van der Waals surface area contributed by atoms with Crippen molar-refractivity contribution in [3.63, 3.8) is 0 Å². The molecule has 128 valence electrons. The van der Waals surface area contributed by atoms with Crippen molar-refractivity contribution < 1.29 is 10.2 Å². The van der Waals surface area contributed by atoms with Gasteiger partial charge >= 0.3 is 0 Å². The first-order valence-corrected chi connectivity index (χ1v) is 7.96. The molecular formula is C20H26N2O2. The maximum Gasteiger partial charge on any atom is 0.120 e. The summed E-state index contributed by atoms with van der Waals surface area (Å²) >= 11 is 0. The van der Waals surface area contributed by atoms with Gasteiger partial charge in [0.05, 0.1) is 0 Å². The van der Waals surface area contributed by atoms with Crippen LogP contribution in [0.1, 0.15) is 22.3 Å². The highest BCUT2D eigenvalue weighted by Gasteiger charge is 2.04. The zero-order valence-electron chi connectivity index (χ0n) is 14.8. The minimum absolute atomic E-state index is 0.318. The maximum absolute atomic E-state index is 9.94. The first kappa shape index (κ1) is 18.0. The molecule has 0 aromatic heterocycles. The number of hydrogen-bond donors (Lipinski definition) is 2. The Hall–Kier alpha value is -2.30. The fourth-order valence-corrected chi connectivity index (χ4v) is 2.55. The number of rotatable bonds is 6. The molecular weight excluding hydrogens is 300 g/mol. The second-order valence-corrected chi connectivity index (χ2v) is 6.59. The van der Waals surface area contributed by atoms with Gasteiger partial charge in [-0.3, -0.25) is 0 Å². The predicted molar refractivity (Wildman–Crippen MR) is 99.9 cm³/mol. The normalized spacial score (nSPS) is 11.8. The highest BCUT2D eigenvalue weighted by molar-refractivity contribution is 5.71. The molecule has 0 amide bonds. The van der Waals surface area contributed by atoms with Gasteiger partial charge in [0.1, 0.15) is 11.5 Å². The molecule has 0 bridgehead atoms. The molecule has 4 heteroatoms. The lowest BCUT2D eigenvalue weighted by atomic mass is 10.1. The van der Waals surface area contributed by atoms with Crippen LogP contribution in [0.15, 0.2) is 36.4 Å². The van der Waals surface area contributed by atoms with E-state index in [1.54, 1.807) is 12.1 Å². The Morgan fingerprint density at radius 3 is 1.42 bits per heavy atom. The molecule has 0 fully saturated rings. The Morgan fingerprint density at radius 1 is 0.708 bits per heavy atom. The summed E-state index contributed by atoms with van der Waals surface area (Å²) in [6.07, 6.45) is 4.04. The predicted octanol–water partition coefficient (Wildman–Crippen LogP) is 3.39. The topological polar surface area (TPSA) is 46.9 Å². The number of aromatic hydroxyl groups is 2. The standard InChI is InChI=1S/C20H26N2O2/c1-21(2)13-17-11-15(7-9-19(17)23)5-6-16-8-10-20(24)18(12-16)14-22(3)4/h5-12,23-24H,13-14H2,1-4H3/b6-5+. The number of phenolic OH excluding ortho intramolecular Hbond substituents is 2. The van der Waals surface area contributed by atoms with E-state index < -0.39 is 0 Å². The molecule has 2 N–H and O–H groups in total. The molecule has 0 aliphatic heterocycles. The van der Waals surface area contributed by atoms with Crippen molar-refractivity contribution in [2.75, 3.05) is 28.2 Å². The van der Waals surface area contributed by atoms with E-state index in [4.69, 9.17) is 0 Å². The number of benzene rings is 2. The van der Waals surface area contributed by atoms with Gasteiger partial charge in [0.25, 0.3) is 0 Å². The Morgan fingerprint density at radius 2 is 1.08 bits per heavy atom. The molecule has 0 saturated heterocycles. The van der Waals surface area contributed by atoms with Gasteiger partial charge in [-0.2, -0.15) is 0 Å². The molecule has 2 aromatic rings. The minimum Gasteiger partial charge on any atom is -0.508 e. The lowest BCUT2D eigenvalue weighted by Gasteiger charge is -2.12. The third kappa shape index (κ3) is 5.11. The maximum atomic E-state index is 9.94. The SMILES string of the molecule is CN(C)Cc1cc(/C=C/c2ccc(O)c(CN(C)C)c2)ccc1O. The van der Waals surface area contributed by atoms with Crippen LogP contribution in [-0.4, -0.2) is 48.2 Å². The van der Waals surface area contributed by atoms with E-state index in [0.717, 1.165) is 22.3 Å². The summed E-state index contributed by atoms with van der Waals surface area (Å²) in [5.74, 6) is 0.637. The summed E-state index contributed by atoms with van der Waals surface area (Å²) in [6, 6.07) is 11.2. The molecule has 0 radical (unpaired) electrons. The van der Waals surface area contributed by atoms with Crippen molar-refractivity contribution in [3.05, 3.63) is 58.7 Å². The monoisotopic (exact) mass is 326 g/mol. The zero-order chi connectivity index (χ0) is 17.7. The van der Waals surface area contributed by atoms with E-state index in [9.17, 15) is 10.2 Å². The van der Waals surface area contributed by atoms with Gasteiger partial charge in [0.2, 0.25) is 0 Å². The van der Waals surface area contributed by atoms with Crippen molar-refractivity contribution in [2.24, 2.45) is 0 Å². The summed E-state index contributed by atoms with van der Waals surface area (Å²) in [7, 11) is 7.91. The third-order valence-electron chi connectivity index (χ3n) is 3.65. The molecule has 0 saturated carbocycles. The van der Waals surface area contributed by atoms with Crippen LogP contribution >= 0.6 is 0 Å². The van der Waals surface area contributed by atoms with Crippen LogP contribution in [0.3, 0.4) is 0 Å². The van der Waals surface area contributed by atoms with Gasteiger partial charge in [0, 0.05) is 24.2 Å². The van der Waals surface area contributed by atoms with Crippen LogP contribution in [0.2, 0.25) is 0 Å². The highest BCUT2D eigenvalue weighted by atomic mass is 16.3. The highest BCUT2D eigenvalue weighted by Crippen LogP contribution is 2.23. The lowest BCUT2D eigenvalue weighted by molar-refractivity contribution is 0.386. The fraction of sp³-hybridized carbons (Fsp3) is 0.300. The van der Waals surface area contributed by atoms with Crippen molar-refractivity contribution in [2.45, 2.75) is 13.1 Å². The number of nitrogens with zero attached hydrogens (tertiary/aromatic N) is 2.